The molecule has 0 aromatic carbocycles. The summed E-state index contributed by atoms with van der Waals surface area (Å²) in [5.74, 6) is -0.252. The van der Waals surface area contributed by atoms with Crippen molar-refractivity contribution < 1.29 is 89.4 Å². The third-order valence-corrected chi connectivity index (χ3v) is 21.1. The molecular weight excluding hydrogens is 1390 g/mol. The third kappa shape index (κ3) is 47.9. The molecule has 3 saturated heterocycles. The summed E-state index contributed by atoms with van der Waals surface area (Å²) in [6.45, 7) is 1.71. The molecule has 12 N–H and O–H groups in total. The predicted octanol–water partition coefficient (Wildman–Crippen LogP) is 16.2. The van der Waals surface area contributed by atoms with Gasteiger partial charge in [0.2, 0.25) is 5.91 Å². The van der Waals surface area contributed by atoms with Crippen molar-refractivity contribution in [3.8, 4) is 0 Å². The van der Waals surface area contributed by atoms with Crippen LogP contribution in [0.1, 0.15) is 316 Å². The van der Waals surface area contributed by atoms with Crippen LogP contribution in [0.2, 0.25) is 0 Å². The van der Waals surface area contributed by atoms with Gasteiger partial charge in [0.05, 0.1) is 38.6 Å². The van der Waals surface area contributed by atoms with Crippen molar-refractivity contribution >= 4 is 5.91 Å². The van der Waals surface area contributed by atoms with Crippen LogP contribution in [0.25, 0.3) is 0 Å². The highest BCUT2D eigenvalue weighted by molar-refractivity contribution is 5.76. The molecule has 0 aromatic rings. The Morgan fingerprint density at radius 2 is 0.627 bits per heavy atom. The number of carbonyl (C=O) groups excluding carboxylic acids is 1. The molecule has 17 atom stereocenters. The van der Waals surface area contributed by atoms with E-state index in [0.717, 1.165) is 128 Å². The van der Waals surface area contributed by atoms with Crippen LogP contribution in [-0.4, -0.2) is 193 Å². The van der Waals surface area contributed by atoms with E-state index in [2.05, 4.69) is 141 Å². The minimum absolute atomic E-state index is 0.250. The molecule has 110 heavy (non-hydrogen) atoms. The van der Waals surface area contributed by atoms with Crippen LogP contribution in [0.3, 0.4) is 0 Å². The molecule has 0 aromatic heterocycles. The Morgan fingerprint density at radius 3 is 0.982 bits per heavy atom. The summed E-state index contributed by atoms with van der Waals surface area (Å²) in [6, 6.07) is -0.902. The van der Waals surface area contributed by atoms with E-state index in [1.807, 2.05) is 0 Å². The van der Waals surface area contributed by atoms with Gasteiger partial charge in [-0.2, -0.15) is 0 Å². The van der Waals surface area contributed by atoms with Crippen molar-refractivity contribution in [2.75, 3.05) is 26.4 Å². The number of amides is 1. The highest BCUT2D eigenvalue weighted by Gasteiger charge is 2.54. The first-order valence-corrected chi connectivity index (χ1v) is 43.8. The summed E-state index contributed by atoms with van der Waals surface area (Å²) in [5.41, 5.74) is 0. The van der Waals surface area contributed by atoms with E-state index < -0.39 is 124 Å². The molecule has 0 spiro atoms. The van der Waals surface area contributed by atoms with Gasteiger partial charge in [0.1, 0.15) is 73.2 Å². The van der Waals surface area contributed by atoms with Crippen molar-refractivity contribution in [1.29, 1.82) is 0 Å². The fraction of sp³-hybridized carbons (Fsp3) is 0.769. The summed E-state index contributed by atoms with van der Waals surface area (Å²) in [4.78, 5) is 13.5. The number of nitrogens with one attached hydrogen (secondary N) is 1. The number of aliphatic hydroxyl groups is 11. The van der Waals surface area contributed by atoms with E-state index >= 15 is 0 Å². The lowest BCUT2D eigenvalue weighted by atomic mass is 9.96. The highest BCUT2D eigenvalue weighted by Crippen LogP contribution is 2.33. The van der Waals surface area contributed by atoms with Crippen molar-refractivity contribution in [3.63, 3.8) is 0 Å². The fourth-order valence-corrected chi connectivity index (χ4v) is 14.1. The van der Waals surface area contributed by atoms with Crippen LogP contribution in [-0.2, 0) is 33.2 Å². The van der Waals surface area contributed by atoms with Gasteiger partial charge in [-0.1, -0.05) is 341 Å². The largest absolute Gasteiger partial charge is 0.394 e. The maximum atomic E-state index is 13.5. The first kappa shape index (κ1) is 100. The number of unbranched alkanes of at least 4 members (excludes halogenated alkanes) is 33. The summed E-state index contributed by atoms with van der Waals surface area (Å²) in [7, 11) is 0. The Balaban J connectivity index is 1.34. The van der Waals surface area contributed by atoms with E-state index in [0.29, 0.717) is 12.8 Å². The lowest BCUT2D eigenvalue weighted by Gasteiger charge is -2.48. The molecule has 3 aliphatic heterocycles. The van der Waals surface area contributed by atoms with Crippen LogP contribution >= 0.6 is 0 Å². The number of rotatable bonds is 69. The van der Waals surface area contributed by atoms with Gasteiger partial charge in [-0.3, -0.25) is 4.79 Å². The van der Waals surface area contributed by atoms with Crippen LogP contribution in [0.15, 0.2) is 122 Å². The lowest BCUT2D eigenvalue weighted by molar-refractivity contribution is -0.379. The van der Waals surface area contributed by atoms with Crippen molar-refractivity contribution in [3.05, 3.63) is 122 Å². The van der Waals surface area contributed by atoms with Crippen molar-refractivity contribution in [2.45, 2.75) is 420 Å². The normalized spacial score (nSPS) is 25.8. The fourth-order valence-electron chi connectivity index (χ4n) is 14.1. The van der Waals surface area contributed by atoms with E-state index in [9.17, 15) is 61.0 Å². The molecule has 0 saturated carbocycles. The Hall–Kier alpha value is -3.81. The van der Waals surface area contributed by atoms with Gasteiger partial charge in [0.25, 0.3) is 0 Å². The maximum Gasteiger partial charge on any atom is 0.220 e. The molecule has 3 rings (SSSR count). The van der Waals surface area contributed by atoms with E-state index in [1.54, 1.807) is 0 Å². The number of hydrogen-bond donors (Lipinski definition) is 12. The second kappa shape index (κ2) is 69.5. The summed E-state index contributed by atoms with van der Waals surface area (Å²) >= 11 is 0. The van der Waals surface area contributed by atoms with E-state index in [1.165, 1.54) is 154 Å². The number of ether oxygens (including phenoxy) is 6. The SMILES string of the molecule is CC/C=C\C/C=C\C/C=C\C/C=C\C/C=C\C/C=C\C/C=C\C/C=C\C/C=C\C/C=C\CCCCCCCCCCC(=O)NC(COC1OC(CO)C(OC2OC(CO)C(OC3OC(CO)C(O)C(O)C3O)C(O)C2O)C(O)C1O)C(O)CCCCCCCCCCCCCCCCCCCCCCCCCCCC. The zero-order chi connectivity index (χ0) is 79.5. The molecule has 0 radical (unpaired) electrons. The lowest BCUT2D eigenvalue weighted by Crippen LogP contribution is -2.66. The van der Waals surface area contributed by atoms with Gasteiger partial charge in [-0.05, 0) is 89.9 Å². The monoisotopic (exact) mass is 1550 g/mol. The molecule has 17 unspecified atom stereocenters. The third-order valence-electron chi connectivity index (χ3n) is 21.1. The Morgan fingerprint density at radius 1 is 0.336 bits per heavy atom. The first-order chi connectivity index (χ1) is 53.8. The van der Waals surface area contributed by atoms with Crippen molar-refractivity contribution in [1.82, 2.24) is 5.32 Å². The van der Waals surface area contributed by atoms with Gasteiger partial charge < -0.3 is 89.9 Å². The molecule has 19 nitrogen and oxygen atoms in total. The Labute approximate surface area is 665 Å². The quantitative estimate of drug-likeness (QED) is 0.0199. The van der Waals surface area contributed by atoms with Gasteiger partial charge >= 0.3 is 0 Å². The Bertz CT molecular complexity index is 2460. The van der Waals surface area contributed by atoms with Gasteiger partial charge in [0, 0.05) is 6.42 Å². The smallest absolute Gasteiger partial charge is 0.220 e. The molecule has 0 aliphatic carbocycles. The predicted molar refractivity (Wildman–Crippen MR) is 443 cm³/mol. The average molecular weight is 1550 g/mol. The average Bonchev–Trinajstić information content (AvgIpc) is 0.780. The first-order valence-electron chi connectivity index (χ1n) is 43.8. The molecule has 1 amide bonds. The number of aliphatic hydroxyl groups excluding tert-OH is 11. The molecule has 634 valence electrons. The highest BCUT2D eigenvalue weighted by atomic mass is 16.8. The Kier molecular flexibility index (Phi) is 63.4. The summed E-state index contributed by atoms with van der Waals surface area (Å²) < 4.78 is 34.6. The summed E-state index contributed by atoms with van der Waals surface area (Å²) in [5, 5.41) is 121. The van der Waals surface area contributed by atoms with Gasteiger partial charge in [-0.15, -0.1) is 0 Å². The van der Waals surface area contributed by atoms with Crippen LogP contribution in [0, 0.1) is 0 Å². The summed E-state index contributed by atoms with van der Waals surface area (Å²) in [6.07, 6.45) is 71.4. The van der Waals surface area contributed by atoms with E-state index in [-0.39, 0.29) is 18.9 Å². The van der Waals surface area contributed by atoms with Crippen molar-refractivity contribution in [2.24, 2.45) is 0 Å². The number of carbonyl (C=O) groups is 1. The van der Waals surface area contributed by atoms with Crippen LogP contribution in [0.4, 0.5) is 0 Å². The minimum Gasteiger partial charge on any atom is -0.394 e. The second-order valence-corrected chi connectivity index (χ2v) is 30.6. The van der Waals surface area contributed by atoms with Crippen LogP contribution < -0.4 is 5.32 Å². The number of hydrogen-bond acceptors (Lipinski definition) is 18. The van der Waals surface area contributed by atoms with Crippen LogP contribution in [0.5, 0.6) is 0 Å². The molecule has 3 aliphatic rings. The number of allylic oxidation sites excluding steroid dienone is 20. The molecule has 0 bridgehead atoms. The molecule has 3 heterocycles. The second-order valence-electron chi connectivity index (χ2n) is 30.6. The standard InChI is InChI=1S/C91H157NO18/c1-3-5-7-9-11-13-15-17-19-21-23-25-27-29-31-32-33-34-35-36-37-38-39-40-41-42-43-45-47-49-51-53-55-57-59-61-63-65-67-69-79(97)92-74(75(96)68-66-64-62-60-58-56-54-52-50-48-46-44-30-28-26-24-22-20-18-16-14-12-10-8-6-4-2)73-105-89-85(103)82(100)87(77(71-94)107-89)110-91-86(104)83(101)88(78(72-95)108-91)109-90-84(102)81(99)80(98)76(70-93)106-90/h5,7,11,13,17,19,23,25,29,31,33-34,36-37,39-40,42-43,47,49,74-78,80-91,93-96,98-104H,3-4,6,8-10,12,14-16,18,20-22,24,26-28,30,32,35,38,41,44-46,48,50-73H2,1-2H3,(H,92,97)/b7-5-,13-11-,19-17-,25-23-,31-29-,34-33-,37-36-,40-39-,43-42-,49-47-. The zero-order valence-corrected chi connectivity index (χ0v) is 68.2. The van der Waals surface area contributed by atoms with Gasteiger partial charge in [-0.25, -0.2) is 0 Å². The zero-order valence-electron chi connectivity index (χ0n) is 68.2. The topological polar surface area (TPSA) is 307 Å². The molecule has 3 fully saturated rings. The maximum absolute atomic E-state index is 13.5. The molecule has 19 heteroatoms. The minimum atomic E-state index is -1.98. The molecular formula is C91H157NO18. The van der Waals surface area contributed by atoms with Gasteiger partial charge in [0.15, 0.2) is 18.9 Å². The van der Waals surface area contributed by atoms with E-state index in [4.69, 9.17) is 28.4 Å².